The molecule has 2 amide bonds. The number of guanidine groups is 1. The van der Waals surface area contributed by atoms with Gasteiger partial charge < -0.3 is 20.5 Å². The van der Waals surface area contributed by atoms with Crippen molar-refractivity contribution < 1.29 is 28.9 Å². The molecular weight excluding hydrogens is 472 g/mol. The number of nitro groups is 1. The van der Waals surface area contributed by atoms with Crippen molar-refractivity contribution in [2.24, 2.45) is 10.7 Å². The first-order valence-corrected chi connectivity index (χ1v) is 11.7. The van der Waals surface area contributed by atoms with E-state index in [2.05, 4.69) is 10.3 Å². The molecule has 1 aliphatic heterocycles. The number of carbonyl (C=O) groups excluding carboxylic acids is 3. The fourth-order valence-electron chi connectivity index (χ4n) is 3.55. The van der Waals surface area contributed by atoms with E-state index >= 15 is 0 Å². The second-order valence-electron chi connectivity index (χ2n) is 9.26. The van der Waals surface area contributed by atoms with Crippen molar-refractivity contribution in [3.05, 3.63) is 46.0 Å². The maximum absolute atomic E-state index is 13.1. The minimum absolute atomic E-state index is 0.0252. The monoisotopic (exact) mass is 506 g/mol. The second-order valence-corrected chi connectivity index (χ2v) is 9.26. The molecule has 13 nitrogen and oxygen atoms in total. The lowest BCUT2D eigenvalue weighted by atomic mass is 10.1. The number of carbonyl (C=O) groups is 3. The summed E-state index contributed by atoms with van der Waals surface area (Å²) in [7, 11) is 0. The number of nitrogens with zero attached hydrogens (tertiary/aromatic N) is 3. The van der Waals surface area contributed by atoms with Gasteiger partial charge in [-0.3, -0.25) is 9.69 Å². The molecule has 1 fully saturated rings. The molecule has 1 saturated heterocycles. The highest BCUT2D eigenvalue weighted by Gasteiger charge is 2.38. The Morgan fingerprint density at radius 2 is 1.97 bits per heavy atom. The van der Waals surface area contributed by atoms with Crippen LogP contribution in [0.1, 0.15) is 52.0 Å². The first-order chi connectivity index (χ1) is 17.0. The zero-order valence-corrected chi connectivity index (χ0v) is 20.8. The average Bonchev–Trinajstić information content (AvgIpc) is 3.29. The summed E-state index contributed by atoms with van der Waals surface area (Å²) in [5, 5.41) is 12.3. The summed E-state index contributed by atoms with van der Waals surface area (Å²) in [5.41, 5.74) is 7.20. The van der Waals surface area contributed by atoms with Gasteiger partial charge in [-0.25, -0.2) is 24.7 Å². The van der Waals surface area contributed by atoms with Crippen LogP contribution < -0.4 is 16.5 Å². The Bertz CT molecular complexity index is 948. The van der Waals surface area contributed by atoms with Crippen LogP contribution in [0.2, 0.25) is 0 Å². The van der Waals surface area contributed by atoms with E-state index in [1.165, 1.54) is 4.90 Å². The van der Waals surface area contributed by atoms with E-state index in [-0.39, 0.29) is 32.0 Å². The van der Waals surface area contributed by atoms with Gasteiger partial charge in [0.05, 0.1) is 0 Å². The summed E-state index contributed by atoms with van der Waals surface area (Å²) in [4.78, 5) is 54.1. The molecule has 1 heterocycles. The van der Waals surface area contributed by atoms with Gasteiger partial charge in [-0.1, -0.05) is 35.8 Å². The SMILES string of the molecule is CC(C)(C)OC(=O)N1CCC[C@@H]1C(=O)N[C@@H](CCCN=C(N)N[N+](=O)[O-])C(=O)OCc1ccccc1. The maximum Gasteiger partial charge on any atom is 0.410 e. The Hall–Kier alpha value is -3.90. The first kappa shape index (κ1) is 28.3. The Morgan fingerprint density at radius 3 is 2.61 bits per heavy atom. The van der Waals surface area contributed by atoms with Crippen molar-refractivity contribution in [3.63, 3.8) is 0 Å². The number of aliphatic imine (C=N–C) groups is 1. The Kier molecular flexibility index (Phi) is 10.4. The third-order valence-corrected chi connectivity index (χ3v) is 5.15. The molecule has 0 aromatic heterocycles. The highest BCUT2D eigenvalue weighted by molar-refractivity contribution is 5.90. The van der Waals surface area contributed by atoms with Crippen LogP contribution in [0.15, 0.2) is 35.3 Å². The minimum Gasteiger partial charge on any atom is -0.459 e. The van der Waals surface area contributed by atoms with Crippen molar-refractivity contribution in [3.8, 4) is 0 Å². The summed E-state index contributed by atoms with van der Waals surface area (Å²) in [5.74, 6) is -1.50. The fourth-order valence-corrected chi connectivity index (χ4v) is 3.55. The van der Waals surface area contributed by atoms with Gasteiger partial charge in [0.15, 0.2) is 5.03 Å². The van der Waals surface area contributed by atoms with E-state index in [4.69, 9.17) is 15.2 Å². The highest BCUT2D eigenvalue weighted by Crippen LogP contribution is 2.21. The van der Waals surface area contributed by atoms with Gasteiger partial charge in [0.2, 0.25) is 5.91 Å². The predicted octanol–water partition coefficient (Wildman–Crippen LogP) is 1.49. The first-order valence-electron chi connectivity index (χ1n) is 11.7. The lowest BCUT2D eigenvalue weighted by molar-refractivity contribution is -0.525. The number of hydrazine groups is 1. The molecule has 2 rings (SSSR count). The molecule has 36 heavy (non-hydrogen) atoms. The maximum atomic E-state index is 13.1. The topological polar surface area (TPSA) is 178 Å². The van der Waals surface area contributed by atoms with Crippen LogP contribution in [0.4, 0.5) is 4.79 Å². The Morgan fingerprint density at radius 1 is 1.28 bits per heavy atom. The molecule has 0 spiro atoms. The molecule has 13 heteroatoms. The van der Waals surface area contributed by atoms with Crippen LogP contribution in [0, 0.1) is 10.1 Å². The van der Waals surface area contributed by atoms with Crippen LogP contribution in [-0.4, -0.2) is 64.6 Å². The average molecular weight is 507 g/mol. The summed E-state index contributed by atoms with van der Waals surface area (Å²) >= 11 is 0. The van der Waals surface area contributed by atoms with Crippen LogP contribution in [0.3, 0.4) is 0 Å². The molecule has 0 bridgehead atoms. The number of esters is 1. The summed E-state index contributed by atoms with van der Waals surface area (Å²) in [6.07, 6.45) is 0.897. The molecule has 1 aromatic rings. The highest BCUT2D eigenvalue weighted by atomic mass is 16.7. The molecule has 0 unspecified atom stereocenters. The molecule has 198 valence electrons. The van der Waals surface area contributed by atoms with Gasteiger partial charge in [0.1, 0.15) is 24.3 Å². The number of rotatable bonds is 10. The molecule has 1 aromatic carbocycles. The molecule has 0 radical (unpaired) electrons. The Balaban J connectivity index is 2.04. The molecule has 1 aliphatic rings. The number of benzene rings is 1. The third kappa shape index (κ3) is 9.76. The lowest BCUT2D eigenvalue weighted by Crippen LogP contribution is -2.52. The van der Waals surface area contributed by atoms with Crippen molar-refractivity contribution >= 4 is 23.9 Å². The quantitative estimate of drug-likeness (QED) is 0.106. The van der Waals surface area contributed by atoms with Crippen LogP contribution in [0.25, 0.3) is 0 Å². The van der Waals surface area contributed by atoms with E-state index in [1.807, 2.05) is 18.2 Å². The van der Waals surface area contributed by atoms with Gasteiger partial charge in [-0.15, -0.1) is 0 Å². The number of nitrogens with two attached hydrogens (primary N) is 1. The van der Waals surface area contributed by atoms with E-state index in [1.54, 1.807) is 38.3 Å². The molecule has 2 atom stereocenters. The standard InChI is InChI=1S/C23H34N6O7/c1-23(2,3)36-22(32)28-14-8-12-18(28)19(30)26-17(11-7-13-25-21(24)27-29(33)34)20(31)35-15-16-9-5-4-6-10-16/h4-6,9-10,17-18H,7-8,11-15H2,1-3H3,(H,26,30)(H3,24,25,27)/t17-,18+/m0/s1. The zero-order valence-electron chi connectivity index (χ0n) is 20.8. The van der Waals surface area contributed by atoms with Crippen molar-refractivity contribution in [1.29, 1.82) is 0 Å². The van der Waals surface area contributed by atoms with Crippen molar-refractivity contribution in [1.82, 2.24) is 15.6 Å². The van der Waals surface area contributed by atoms with Crippen LogP contribution in [0.5, 0.6) is 0 Å². The summed E-state index contributed by atoms with van der Waals surface area (Å²) in [6.45, 7) is 5.70. The number of likely N-dealkylation sites (tertiary alicyclic amines) is 1. The zero-order chi connectivity index (χ0) is 26.7. The normalized spacial score (nSPS) is 16.7. The number of ether oxygens (including phenoxy) is 2. The van der Waals surface area contributed by atoms with E-state index in [9.17, 15) is 24.5 Å². The van der Waals surface area contributed by atoms with Gasteiger partial charge in [-0.2, -0.15) is 0 Å². The van der Waals surface area contributed by atoms with Crippen LogP contribution in [-0.2, 0) is 25.7 Å². The molecule has 0 saturated carbocycles. The minimum atomic E-state index is -1.01. The number of hydrogen-bond donors (Lipinski definition) is 3. The van der Waals surface area contributed by atoms with Gasteiger partial charge in [0.25, 0.3) is 5.96 Å². The third-order valence-electron chi connectivity index (χ3n) is 5.15. The molecular formula is C23H34N6O7. The summed E-state index contributed by atoms with van der Waals surface area (Å²) in [6, 6.07) is 7.29. The van der Waals surface area contributed by atoms with Crippen molar-refractivity contribution in [2.75, 3.05) is 13.1 Å². The Labute approximate surface area is 209 Å². The van der Waals surface area contributed by atoms with E-state index in [0.29, 0.717) is 19.4 Å². The van der Waals surface area contributed by atoms with Gasteiger partial charge >= 0.3 is 12.1 Å². The lowest BCUT2D eigenvalue weighted by Gasteiger charge is -2.29. The largest absolute Gasteiger partial charge is 0.459 e. The fraction of sp³-hybridized carbons (Fsp3) is 0.565. The van der Waals surface area contributed by atoms with Crippen molar-refractivity contribution in [2.45, 2.75) is 70.7 Å². The predicted molar refractivity (Wildman–Crippen MR) is 130 cm³/mol. The van der Waals surface area contributed by atoms with Gasteiger partial charge in [-0.05, 0) is 52.0 Å². The second kappa shape index (κ2) is 13.3. The van der Waals surface area contributed by atoms with Gasteiger partial charge in [0, 0.05) is 13.1 Å². The number of nitrogens with one attached hydrogen (secondary N) is 2. The number of hydrogen-bond acceptors (Lipinski definition) is 8. The molecule has 0 aliphatic carbocycles. The van der Waals surface area contributed by atoms with E-state index < -0.39 is 40.7 Å². The summed E-state index contributed by atoms with van der Waals surface area (Å²) < 4.78 is 10.8. The number of amides is 2. The van der Waals surface area contributed by atoms with Crippen LogP contribution >= 0.6 is 0 Å². The van der Waals surface area contributed by atoms with E-state index in [0.717, 1.165) is 5.56 Å². The smallest absolute Gasteiger partial charge is 0.410 e. The molecule has 4 N–H and O–H groups in total.